The molecule has 0 aliphatic heterocycles. The van der Waals surface area contributed by atoms with Crippen LogP contribution in [0.15, 0.2) is 24.3 Å². The Balaban J connectivity index is 2.84. The average Bonchev–Trinajstić information content (AvgIpc) is 2.28. The monoisotopic (exact) mass is 236 g/mol. The summed E-state index contributed by atoms with van der Waals surface area (Å²) in [7, 11) is 1.72. The van der Waals surface area contributed by atoms with Gasteiger partial charge in [0, 0.05) is 18.1 Å². The summed E-state index contributed by atoms with van der Waals surface area (Å²) >= 11 is 5.98. The summed E-state index contributed by atoms with van der Waals surface area (Å²) in [5.41, 5.74) is 1.17. The van der Waals surface area contributed by atoms with Crippen molar-refractivity contribution in [2.24, 2.45) is 0 Å². The number of nitrogens with zero attached hydrogens (tertiary/aromatic N) is 1. The quantitative estimate of drug-likeness (QED) is 0.842. The summed E-state index contributed by atoms with van der Waals surface area (Å²) in [6, 6.07) is 6.81. The van der Waals surface area contributed by atoms with Crippen LogP contribution in [0.1, 0.15) is 10.5 Å². The van der Waals surface area contributed by atoms with Crippen LogP contribution in [0.3, 0.4) is 0 Å². The zero-order valence-electron chi connectivity index (χ0n) is 8.49. The fraction of sp³-hybridized carbons (Fsp3) is 0.0909. The summed E-state index contributed by atoms with van der Waals surface area (Å²) in [6.07, 6.45) is 0. The number of aromatic nitrogens is 1. The molecule has 0 atom stereocenters. The van der Waals surface area contributed by atoms with Gasteiger partial charge < -0.3 is 10.4 Å². The van der Waals surface area contributed by atoms with Crippen molar-refractivity contribution in [1.29, 1.82) is 0 Å². The third kappa shape index (κ3) is 1.67. The highest BCUT2D eigenvalue weighted by molar-refractivity contribution is 6.35. The number of rotatable bonds is 2. The predicted molar refractivity (Wildman–Crippen MR) is 63.3 cm³/mol. The fourth-order valence-corrected chi connectivity index (χ4v) is 1.75. The first-order valence-corrected chi connectivity index (χ1v) is 5.01. The fourth-order valence-electron chi connectivity index (χ4n) is 1.53. The Kier molecular flexibility index (Phi) is 2.66. The molecule has 0 fully saturated rings. The Labute approximate surface area is 96.9 Å². The molecule has 0 saturated carbocycles. The van der Waals surface area contributed by atoms with Crippen molar-refractivity contribution in [2.75, 3.05) is 12.4 Å². The molecule has 0 unspecified atom stereocenters. The largest absolute Gasteiger partial charge is 0.477 e. The highest BCUT2D eigenvalue weighted by atomic mass is 35.5. The van der Waals surface area contributed by atoms with Gasteiger partial charge in [0.2, 0.25) is 0 Å². The first kappa shape index (κ1) is 10.7. The number of aromatic carboxylic acids is 1. The molecule has 0 aliphatic carbocycles. The highest BCUT2D eigenvalue weighted by Crippen LogP contribution is 2.28. The zero-order valence-corrected chi connectivity index (χ0v) is 9.25. The van der Waals surface area contributed by atoms with Crippen molar-refractivity contribution in [3.8, 4) is 0 Å². The minimum absolute atomic E-state index is 0.0232. The molecule has 5 heteroatoms. The van der Waals surface area contributed by atoms with E-state index < -0.39 is 5.97 Å². The van der Waals surface area contributed by atoms with Crippen LogP contribution in [0.5, 0.6) is 0 Å². The summed E-state index contributed by atoms with van der Waals surface area (Å²) in [4.78, 5) is 14.9. The lowest BCUT2D eigenvalue weighted by molar-refractivity contribution is 0.0691. The number of pyridine rings is 1. The maximum Gasteiger partial charge on any atom is 0.354 e. The molecule has 0 bridgehead atoms. The van der Waals surface area contributed by atoms with Crippen LogP contribution in [0.4, 0.5) is 5.69 Å². The van der Waals surface area contributed by atoms with Crippen LogP contribution >= 0.6 is 11.6 Å². The molecule has 1 aromatic heterocycles. The Hall–Kier alpha value is -1.81. The van der Waals surface area contributed by atoms with Crippen LogP contribution in [-0.2, 0) is 0 Å². The van der Waals surface area contributed by atoms with Gasteiger partial charge in [-0.25, -0.2) is 9.78 Å². The lowest BCUT2D eigenvalue weighted by Crippen LogP contribution is -2.03. The number of nitrogens with one attached hydrogen (secondary N) is 1. The number of anilines is 1. The molecule has 0 radical (unpaired) electrons. The predicted octanol–water partition coefficient (Wildman–Crippen LogP) is 2.63. The molecular formula is C11H9ClN2O2. The molecule has 4 nitrogen and oxygen atoms in total. The molecule has 1 heterocycles. The topological polar surface area (TPSA) is 62.2 Å². The summed E-state index contributed by atoms with van der Waals surface area (Å²) in [5.74, 6) is -1.07. The summed E-state index contributed by atoms with van der Waals surface area (Å²) in [5, 5.41) is 13.1. The van der Waals surface area contributed by atoms with Gasteiger partial charge in [0.25, 0.3) is 0 Å². The van der Waals surface area contributed by atoms with Crippen molar-refractivity contribution in [3.63, 3.8) is 0 Å². The third-order valence-electron chi connectivity index (χ3n) is 2.28. The number of halogens is 1. The third-order valence-corrected chi connectivity index (χ3v) is 2.58. The Morgan fingerprint density at radius 3 is 2.88 bits per heavy atom. The molecule has 1 aromatic carbocycles. The molecule has 2 N–H and O–H groups in total. The van der Waals surface area contributed by atoms with E-state index in [4.69, 9.17) is 16.7 Å². The van der Waals surface area contributed by atoms with E-state index in [1.807, 2.05) is 6.07 Å². The van der Waals surface area contributed by atoms with Crippen LogP contribution in [0, 0.1) is 0 Å². The van der Waals surface area contributed by atoms with Gasteiger partial charge in [0.1, 0.15) is 0 Å². The number of para-hydroxylation sites is 1. The van der Waals surface area contributed by atoms with E-state index in [1.165, 1.54) is 6.07 Å². The van der Waals surface area contributed by atoms with Crippen molar-refractivity contribution in [1.82, 2.24) is 4.98 Å². The summed E-state index contributed by atoms with van der Waals surface area (Å²) in [6.45, 7) is 0. The van der Waals surface area contributed by atoms with E-state index in [9.17, 15) is 4.79 Å². The SMILES string of the molecule is CNc1cc(C(=O)O)nc2c(Cl)cccc12. The van der Waals surface area contributed by atoms with Crippen LogP contribution in [0.25, 0.3) is 10.9 Å². The first-order chi connectivity index (χ1) is 7.63. The number of hydrogen-bond donors (Lipinski definition) is 2. The molecule has 0 aliphatic rings. The molecule has 0 spiro atoms. The van der Waals surface area contributed by atoms with Gasteiger partial charge in [-0.1, -0.05) is 23.7 Å². The lowest BCUT2D eigenvalue weighted by Gasteiger charge is -2.07. The molecular weight excluding hydrogens is 228 g/mol. The zero-order chi connectivity index (χ0) is 11.7. The Morgan fingerprint density at radius 1 is 1.50 bits per heavy atom. The minimum atomic E-state index is -1.07. The van der Waals surface area contributed by atoms with Gasteiger partial charge >= 0.3 is 5.97 Å². The molecule has 16 heavy (non-hydrogen) atoms. The van der Waals surface area contributed by atoms with Gasteiger partial charge in [-0.15, -0.1) is 0 Å². The number of carboxylic acid groups (broad SMARTS) is 1. The second-order valence-corrected chi connectivity index (χ2v) is 3.65. The second-order valence-electron chi connectivity index (χ2n) is 3.25. The molecule has 0 saturated heterocycles. The Morgan fingerprint density at radius 2 is 2.25 bits per heavy atom. The van der Waals surface area contributed by atoms with Crippen LogP contribution < -0.4 is 5.32 Å². The van der Waals surface area contributed by atoms with Crippen molar-refractivity contribution in [2.45, 2.75) is 0 Å². The Bertz CT molecular complexity index is 569. The van der Waals surface area contributed by atoms with E-state index in [0.29, 0.717) is 16.2 Å². The highest BCUT2D eigenvalue weighted by Gasteiger charge is 2.11. The minimum Gasteiger partial charge on any atom is -0.477 e. The van der Waals surface area contributed by atoms with Gasteiger partial charge in [-0.3, -0.25) is 0 Å². The van der Waals surface area contributed by atoms with Crippen molar-refractivity contribution >= 4 is 34.2 Å². The second kappa shape index (κ2) is 3.98. The number of hydrogen-bond acceptors (Lipinski definition) is 3. The summed E-state index contributed by atoms with van der Waals surface area (Å²) < 4.78 is 0. The molecule has 2 rings (SSSR count). The maximum absolute atomic E-state index is 10.9. The van der Waals surface area contributed by atoms with Gasteiger partial charge in [0.05, 0.1) is 10.5 Å². The van der Waals surface area contributed by atoms with Crippen molar-refractivity contribution in [3.05, 3.63) is 35.0 Å². The average molecular weight is 237 g/mol. The van der Waals surface area contributed by atoms with E-state index in [0.717, 1.165) is 5.39 Å². The molecule has 0 amide bonds. The normalized spacial score (nSPS) is 10.4. The van der Waals surface area contributed by atoms with E-state index >= 15 is 0 Å². The van der Waals surface area contributed by atoms with E-state index in [2.05, 4.69) is 10.3 Å². The van der Waals surface area contributed by atoms with Gasteiger partial charge in [0.15, 0.2) is 5.69 Å². The van der Waals surface area contributed by atoms with Gasteiger partial charge in [-0.05, 0) is 12.1 Å². The van der Waals surface area contributed by atoms with Gasteiger partial charge in [-0.2, -0.15) is 0 Å². The smallest absolute Gasteiger partial charge is 0.354 e. The standard InChI is InChI=1S/C11H9ClN2O2/c1-13-8-5-9(11(15)16)14-10-6(8)3-2-4-7(10)12/h2-5H,1H3,(H,13,14)(H,15,16). The number of carbonyl (C=O) groups is 1. The van der Waals surface area contributed by atoms with E-state index in [1.54, 1.807) is 19.2 Å². The number of carboxylic acids is 1. The van der Waals surface area contributed by atoms with Crippen molar-refractivity contribution < 1.29 is 9.90 Å². The lowest BCUT2D eigenvalue weighted by atomic mass is 10.1. The number of fused-ring (bicyclic) bond motifs is 1. The molecule has 82 valence electrons. The van der Waals surface area contributed by atoms with E-state index in [-0.39, 0.29) is 5.69 Å². The van der Waals surface area contributed by atoms with Crippen LogP contribution in [-0.4, -0.2) is 23.1 Å². The maximum atomic E-state index is 10.9. The molecule has 2 aromatic rings. The number of benzene rings is 1. The first-order valence-electron chi connectivity index (χ1n) is 4.64. The van der Waals surface area contributed by atoms with Crippen LogP contribution in [0.2, 0.25) is 5.02 Å².